The van der Waals surface area contributed by atoms with Crippen molar-refractivity contribution in [2.24, 2.45) is 0 Å². The van der Waals surface area contributed by atoms with Gasteiger partial charge in [0.2, 0.25) is 0 Å². The van der Waals surface area contributed by atoms with Gasteiger partial charge in [-0.2, -0.15) is 8.78 Å². The zero-order chi connectivity index (χ0) is 20.2. The third-order valence-electron chi connectivity index (χ3n) is 3.49. The predicted octanol–water partition coefficient (Wildman–Crippen LogP) is 3.08. The van der Waals surface area contributed by atoms with Crippen LogP contribution >= 0.6 is 0 Å². The number of halogens is 2. The van der Waals surface area contributed by atoms with Crippen LogP contribution in [0.15, 0.2) is 35.1 Å². The SMILES string of the molecule is Cc1cc(=O)cc(C)n1C=Cc1ccc(OC(F)F)c(OCS(C)(=O)=O)c1. The fourth-order valence-corrected chi connectivity index (χ4v) is 2.71. The number of pyridine rings is 1. The van der Waals surface area contributed by atoms with E-state index in [-0.39, 0.29) is 16.9 Å². The summed E-state index contributed by atoms with van der Waals surface area (Å²) in [6.45, 7) is 0.483. The van der Waals surface area contributed by atoms with Crippen LogP contribution in [0.4, 0.5) is 8.78 Å². The number of aromatic nitrogens is 1. The minimum absolute atomic E-state index is 0.0976. The van der Waals surface area contributed by atoms with Crippen molar-refractivity contribution in [2.75, 3.05) is 12.2 Å². The molecule has 0 unspecified atom stereocenters. The van der Waals surface area contributed by atoms with Crippen LogP contribution in [0, 0.1) is 13.8 Å². The lowest BCUT2D eigenvalue weighted by Crippen LogP contribution is -2.11. The molecule has 1 aromatic heterocycles. The molecule has 0 aliphatic heterocycles. The highest BCUT2D eigenvalue weighted by molar-refractivity contribution is 7.90. The molecule has 0 spiro atoms. The average molecular weight is 399 g/mol. The second kappa shape index (κ2) is 8.34. The van der Waals surface area contributed by atoms with Gasteiger partial charge >= 0.3 is 6.61 Å². The van der Waals surface area contributed by atoms with Crippen molar-refractivity contribution in [2.45, 2.75) is 20.5 Å². The fourth-order valence-electron chi connectivity index (χ4n) is 2.37. The predicted molar refractivity (Wildman–Crippen MR) is 98.8 cm³/mol. The van der Waals surface area contributed by atoms with Gasteiger partial charge in [-0.05, 0) is 37.6 Å². The van der Waals surface area contributed by atoms with Crippen molar-refractivity contribution >= 4 is 22.1 Å². The van der Waals surface area contributed by atoms with Gasteiger partial charge in [-0.1, -0.05) is 6.07 Å². The summed E-state index contributed by atoms with van der Waals surface area (Å²) in [5.41, 5.74) is 1.92. The zero-order valence-electron chi connectivity index (χ0n) is 15.0. The highest BCUT2D eigenvalue weighted by atomic mass is 32.2. The number of ether oxygens (including phenoxy) is 2. The molecule has 0 bridgehead atoms. The summed E-state index contributed by atoms with van der Waals surface area (Å²) >= 11 is 0. The molecule has 0 fully saturated rings. The number of alkyl halides is 2. The minimum atomic E-state index is -3.47. The summed E-state index contributed by atoms with van der Waals surface area (Å²) in [4.78, 5) is 11.5. The molecule has 27 heavy (non-hydrogen) atoms. The third-order valence-corrected chi connectivity index (χ3v) is 4.04. The van der Waals surface area contributed by atoms with E-state index in [0.717, 1.165) is 17.6 Å². The van der Waals surface area contributed by atoms with E-state index in [1.54, 1.807) is 30.7 Å². The molecule has 0 aliphatic rings. The lowest BCUT2D eigenvalue weighted by atomic mass is 10.2. The average Bonchev–Trinajstić information content (AvgIpc) is 2.52. The summed E-state index contributed by atoms with van der Waals surface area (Å²) in [6, 6.07) is 7.16. The van der Waals surface area contributed by atoms with Gasteiger partial charge in [0, 0.05) is 36.0 Å². The first-order valence-electron chi connectivity index (χ1n) is 7.82. The summed E-state index contributed by atoms with van der Waals surface area (Å²) in [7, 11) is -3.47. The molecule has 9 heteroatoms. The van der Waals surface area contributed by atoms with Crippen LogP contribution in [-0.2, 0) is 9.84 Å². The van der Waals surface area contributed by atoms with Crippen LogP contribution in [-0.4, -0.2) is 31.8 Å². The Kier molecular flexibility index (Phi) is 6.37. The van der Waals surface area contributed by atoms with Gasteiger partial charge in [-0.3, -0.25) is 4.79 Å². The molecule has 0 radical (unpaired) electrons. The van der Waals surface area contributed by atoms with Crippen LogP contribution in [0.5, 0.6) is 11.5 Å². The summed E-state index contributed by atoms with van der Waals surface area (Å²) < 4.78 is 58.9. The van der Waals surface area contributed by atoms with Crippen molar-refractivity contribution < 1.29 is 26.7 Å². The highest BCUT2D eigenvalue weighted by Crippen LogP contribution is 2.30. The van der Waals surface area contributed by atoms with Gasteiger partial charge in [0.1, 0.15) is 0 Å². The number of benzene rings is 1. The van der Waals surface area contributed by atoms with E-state index in [2.05, 4.69) is 4.74 Å². The molecule has 2 rings (SSSR count). The quantitative estimate of drug-likeness (QED) is 0.715. The Hall–Kier alpha value is -2.68. The Morgan fingerprint density at radius 3 is 2.30 bits per heavy atom. The van der Waals surface area contributed by atoms with Crippen LogP contribution in [0.2, 0.25) is 0 Å². The Bertz CT molecular complexity index is 987. The second-order valence-corrected chi connectivity index (χ2v) is 8.02. The lowest BCUT2D eigenvalue weighted by molar-refractivity contribution is -0.0512. The van der Waals surface area contributed by atoms with Crippen LogP contribution in [0.1, 0.15) is 17.0 Å². The van der Waals surface area contributed by atoms with Gasteiger partial charge in [-0.15, -0.1) is 0 Å². The number of rotatable bonds is 7. The molecule has 6 nitrogen and oxygen atoms in total. The molecule has 0 aliphatic carbocycles. The third kappa shape index (κ3) is 6.21. The van der Waals surface area contributed by atoms with Crippen LogP contribution < -0.4 is 14.9 Å². The number of hydrogen-bond donors (Lipinski definition) is 0. The maximum absolute atomic E-state index is 12.5. The van der Waals surface area contributed by atoms with E-state index in [4.69, 9.17) is 4.74 Å². The Morgan fingerprint density at radius 1 is 1.11 bits per heavy atom. The van der Waals surface area contributed by atoms with Gasteiger partial charge < -0.3 is 14.0 Å². The molecule has 0 saturated carbocycles. The Morgan fingerprint density at radius 2 is 1.74 bits per heavy atom. The van der Waals surface area contributed by atoms with Crippen molar-refractivity contribution in [3.8, 4) is 11.5 Å². The number of nitrogens with zero attached hydrogens (tertiary/aromatic N) is 1. The Labute approximate surface area is 155 Å². The van der Waals surface area contributed by atoms with Crippen molar-refractivity contribution in [3.05, 3.63) is 57.5 Å². The molecule has 146 valence electrons. The van der Waals surface area contributed by atoms with Crippen molar-refractivity contribution in [3.63, 3.8) is 0 Å². The van der Waals surface area contributed by atoms with Gasteiger partial charge in [-0.25, -0.2) is 8.42 Å². The molecular formula is C18H19F2NO5S. The van der Waals surface area contributed by atoms with Crippen molar-refractivity contribution in [1.29, 1.82) is 0 Å². The lowest BCUT2D eigenvalue weighted by Gasteiger charge is -2.13. The fraction of sp³-hybridized carbons (Fsp3) is 0.278. The second-order valence-electron chi connectivity index (χ2n) is 5.93. The van der Waals surface area contributed by atoms with E-state index in [1.165, 1.54) is 30.3 Å². The highest BCUT2D eigenvalue weighted by Gasteiger charge is 2.13. The van der Waals surface area contributed by atoms with E-state index in [9.17, 15) is 22.0 Å². The first-order chi connectivity index (χ1) is 12.5. The maximum Gasteiger partial charge on any atom is 0.387 e. The van der Waals surface area contributed by atoms with Gasteiger partial charge in [0.05, 0.1) is 0 Å². The molecule has 0 N–H and O–H groups in total. The topological polar surface area (TPSA) is 74.6 Å². The van der Waals surface area contributed by atoms with Crippen LogP contribution in [0.25, 0.3) is 12.3 Å². The monoisotopic (exact) mass is 399 g/mol. The smallest absolute Gasteiger partial charge is 0.387 e. The van der Waals surface area contributed by atoms with Crippen LogP contribution in [0.3, 0.4) is 0 Å². The molecular weight excluding hydrogens is 380 g/mol. The molecule has 2 aromatic rings. The van der Waals surface area contributed by atoms with Gasteiger partial charge in [0.15, 0.2) is 32.7 Å². The summed E-state index contributed by atoms with van der Waals surface area (Å²) in [5, 5.41) is 0. The summed E-state index contributed by atoms with van der Waals surface area (Å²) in [5.74, 6) is -1.05. The zero-order valence-corrected chi connectivity index (χ0v) is 15.8. The minimum Gasteiger partial charge on any atom is -0.474 e. The molecule has 1 heterocycles. The molecule has 0 saturated heterocycles. The standard InChI is InChI=1S/C18H19F2NO5S/c1-12-8-15(22)9-13(2)21(12)7-6-14-4-5-16(26-18(19)20)17(10-14)25-11-27(3,23)24/h4-10,18H,11H2,1-3H3. The molecule has 1 aromatic carbocycles. The van der Waals surface area contributed by atoms with E-state index in [0.29, 0.717) is 5.56 Å². The summed E-state index contributed by atoms with van der Waals surface area (Å²) in [6.07, 6.45) is 4.34. The van der Waals surface area contributed by atoms with E-state index in [1.807, 2.05) is 0 Å². The van der Waals surface area contributed by atoms with Gasteiger partial charge in [0.25, 0.3) is 0 Å². The number of aryl methyl sites for hydroxylation is 2. The first kappa shape index (κ1) is 20.6. The van der Waals surface area contributed by atoms with E-state index >= 15 is 0 Å². The largest absolute Gasteiger partial charge is 0.474 e. The first-order valence-corrected chi connectivity index (χ1v) is 9.88. The normalized spacial score (nSPS) is 11.9. The number of hydrogen-bond acceptors (Lipinski definition) is 5. The molecule has 0 amide bonds. The number of sulfone groups is 1. The van der Waals surface area contributed by atoms with Crippen molar-refractivity contribution in [1.82, 2.24) is 4.57 Å². The van der Waals surface area contributed by atoms with E-state index < -0.39 is 22.4 Å². The maximum atomic E-state index is 12.5. The molecule has 0 atom stereocenters. The Balaban J connectivity index is 2.36.